The van der Waals surface area contributed by atoms with Gasteiger partial charge in [-0.2, -0.15) is 5.06 Å². The molecule has 0 bridgehead atoms. The molecule has 2 heteroatoms. The van der Waals surface area contributed by atoms with Crippen molar-refractivity contribution in [2.75, 3.05) is 6.54 Å². The first-order valence-corrected chi connectivity index (χ1v) is 8.89. The van der Waals surface area contributed by atoms with E-state index in [4.69, 9.17) is 4.84 Å². The Morgan fingerprint density at radius 1 is 0.783 bits per heavy atom. The van der Waals surface area contributed by atoms with Crippen LogP contribution in [-0.2, 0) is 17.9 Å². The van der Waals surface area contributed by atoms with Gasteiger partial charge >= 0.3 is 0 Å². The molecule has 122 valence electrons. The predicted octanol–water partition coefficient (Wildman–Crippen LogP) is 5.00. The SMILES string of the molecule is c1ccc(CCN(OCc2ccccc2)C2CCCCC2)cc1. The minimum absolute atomic E-state index is 0.580. The quantitative estimate of drug-likeness (QED) is 0.668. The standard InChI is InChI=1S/C21H27NO/c1-4-10-19(11-5-1)16-17-22(21-14-8-3-9-15-21)23-18-20-12-6-2-7-13-20/h1-2,4-7,10-13,21H,3,8-9,14-18H2. The molecular formula is C21H27NO. The lowest BCUT2D eigenvalue weighted by Crippen LogP contribution is -2.38. The van der Waals surface area contributed by atoms with E-state index in [-0.39, 0.29) is 0 Å². The van der Waals surface area contributed by atoms with Crippen molar-refractivity contribution in [3.05, 3.63) is 71.8 Å². The highest BCUT2D eigenvalue weighted by Gasteiger charge is 2.21. The molecule has 0 amide bonds. The molecule has 1 saturated carbocycles. The van der Waals surface area contributed by atoms with Gasteiger partial charge in [-0.25, -0.2) is 0 Å². The van der Waals surface area contributed by atoms with Crippen LogP contribution in [0.15, 0.2) is 60.7 Å². The van der Waals surface area contributed by atoms with E-state index >= 15 is 0 Å². The summed E-state index contributed by atoms with van der Waals surface area (Å²) in [4.78, 5) is 6.22. The molecule has 3 rings (SSSR count). The third kappa shape index (κ3) is 5.19. The van der Waals surface area contributed by atoms with Gasteiger partial charge in [0.1, 0.15) is 0 Å². The van der Waals surface area contributed by atoms with Gasteiger partial charge in [0.25, 0.3) is 0 Å². The van der Waals surface area contributed by atoms with Gasteiger partial charge in [0.2, 0.25) is 0 Å². The van der Waals surface area contributed by atoms with Gasteiger partial charge in [-0.3, -0.25) is 4.84 Å². The molecule has 1 fully saturated rings. The lowest BCUT2D eigenvalue weighted by atomic mass is 9.95. The highest BCUT2D eigenvalue weighted by atomic mass is 16.7. The number of hydroxylamine groups is 2. The second-order valence-corrected chi connectivity index (χ2v) is 6.43. The zero-order valence-corrected chi connectivity index (χ0v) is 13.9. The van der Waals surface area contributed by atoms with Crippen LogP contribution in [0.2, 0.25) is 0 Å². The summed E-state index contributed by atoms with van der Waals surface area (Å²) in [5, 5.41) is 2.26. The second kappa shape index (κ2) is 8.85. The Balaban J connectivity index is 1.58. The van der Waals surface area contributed by atoms with Crippen LogP contribution in [0.25, 0.3) is 0 Å². The van der Waals surface area contributed by atoms with Crippen LogP contribution in [0.1, 0.15) is 43.2 Å². The molecule has 0 unspecified atom stereocenters. The largest absolute Gasteiger partial charge is 0.294 e. The molecule has 0 spiro atoms. The molecule has 2 aromatic rings. The molecule has 1 aliphatic carbocycles. The van der Waals surface area contributed by atoms with Crippen LogP contribution in [-0.4, -0.2) is 17.6 Å². The highest BCUT2D eigenvalue weighted by Crippen LogP contribution is 2.23. The lowest BCUT2D eigenvalue weighted by molar-refractivity contribution is -0.201. The second-order valence-electron chi connectivity index (χ2n) is 6.43. The topological polar surface area (TPSA) is 12.5 Å². The van der Waals surface area contributed by atoms with E-state index in [1.54, 1.807) is 0 Å². The summed E-state index contributed by atoms with van der Waals surface area (Å²) in [5.74, 6) is 0. The zero-order valence-electron chi connectivity index (χ0n) is 13.9. The Labute approximate surface area is 140 Å². The maximum atomic E-state index is 6.22. The van der Waals surface area contributed by atoms with Crippen LogP contribution in [0.5, 0.6) is 0 Å². The number of hydrogen-bond acceptors (Lipinski definition) is 2. The minimum Gasteiger partial charge on any atom is -0.294 e. The average Bonchev–Trinajstić information content (AvgIpc) is 2.64. The van der Waals surface area contributed by atoms with Crippen LogP contribution < -0.4 is 0 Å². The molecule has 0 radical (unpaired) electrons. The first kappa shape index (κ1) is 16.2. The smallest absolute Gasteiger partial charge is 0.0936 e. The first-order valence-electron chi connectivity index (χ1n) is 8.89. The highest BCUT2D eigenvalue weighted by molar-refractivity contribution is 5.15. The molecular weight excluding hydrogens is 282 g/mol. The van der Waals surface area contributed by atoms with Gasteiger partial charge in [-0.15, -0.1) is 0 Å². The van der Waals surface area contributed by atoms with Gasteiger partial charge in [-0.05, 0) is 30.4 Å². The molecule has 0 aliphatic heterocycles. The monoisotopic (exact) mass is 309 g/mol. The third-order valence-electron chi connectivity index (χ3n) is 4.69. The normalized spacial score (nSPS) is 15.9. The number of benzene rings is 2. The van der Waals surface area contributed by atoms with E-state index in [9.17, 15) is 0 Å². The van der Waals surface area contributed by atoms with Crippen molar-refractivity contribution in [3.8, 4) is 0 Å². The van der Waals surface area contributed by atoms with Gasteiger partial charge in [0.05, 0.1) is 6.61 Å². The molecule has 0 aromatic heterocycles. The Morgan fingerprint density at radius 3 is 2.04 bits per heavy atom. The van der Waals surface area contributed by atoms with Gasteiger partial charge in [0, 0.05) is 12.6 Å². The molecule has 2 aromatic carbocycles. The van der Waals surface area contributed by atoms with E-state index in [0.29, 0.717) is 12.6 Å². The van der Waals surface area contributed by atoms with E-state index in [0.717, 1.165) is 13.0 Å². The Kier molecular flexibility index (Phi) is 6.25. The van der Waals surface area contributed by atoms with Gasteiger partial charge in [-0.1, -0.05) is 79.9 Å². The lowest BCUT2D eigenvalue weighted by Gasteiger charge is -2.33. The van der Waals surface area contributed by atoms with Crippen molar-refractivity contribution < 1.29 is 4.84 Å². The zero-order chi connectivity index (χ0) is 15.7. The van der Waals surface area contributed by atoms with Crippen LogP contribution >= 0.6 is 0 Å². The first-order chi connectivity index (χ1) is 11.4. The summed E-state index contributed by atoms with van der Waals surface area (Å²) in [6.45, 7) is 1.65. The Bertz CT molecular complexity index is 505. The van der Waals surface area contributed by atoms with Gasteiger partial charge in [0.15, 0.2) is 0 Å². The predicted molar refractivity (Wildman–Crippen MR) is 95.0 cm³/mol. The van der Waals surface area contributed by atoms with E-state index in [2.05, 4.69) is 65.7 Å². The molecule has 23 heavy (non-hydrogen) atoms. The van der Waals surface area contributed by atoms with Crippen molar-refractivity contribution in [3.63, 3.8) is 0 Å². The Morgan fingerprint density at radius 2 is 1.39 bits per heavy atom. The molecule has 0 atom stereocenters. The molecule has 2 nitrogen and oxygen atoms in total. The fourth-order valence-electron chi connectivity index (χ4n) is 3.34. The fraction of sp³-hybridized carbons (Fsp3) is 0.429. The van der Waals surface area contributed by atoms with Crippen molar-refractivity contribution >= 4 is 0 Å². The third-order valence-corrected chi connectivity index (χ3v) is 4.69. The average molecular weight is 309 g/mol. The summed E-state index contributed by atoms with van der Waals surface area (Å²) < 4.78 is 0. The number of rotatable bonds is 7. The van der Waals surface area contributed by atoms with Crippen molar-refractivity contribution in [1.29, 1.82) is 0 Å². The number of nitrogens with zero attached hydrogens (tertiary/aromatic N) is 1. The molecule has 0 heterocycles. The van der Waals surface area contributed by atoms with Gasteiger partial charge < -0.3 is 0 Å². The van der Waals surface area contributed by atoms with E-state index < -0.39 is 0 Å². The maximum absolute atomic E-state index is 6.22. The summed E-state index contributed by atoms with van der Waals surface area (Å²) in [6, 6.07) is 21.8. The van der Waals surface area contributed by atoms with Crippen LogP contribution in [0.3, 0.4) is 0 Å². The van der Waals surface area contributed by atoms with Crippen LogP contribution in [0, 0.1) is 0 Å². The molecule has 0 saturated heterocycles. The summed E-state index contributed by atoms with van der Waals surface area (Å²) in [6.07, 6.45) is 7.63. The number of hydrogen-bond donors (Lipinski definition) is 0. The van der Waals surface area contributed by atoms with Crippen molar-refractivity contribution in [2.45, 2.75) is 51.2 Å². The fourth-order valence-corrected chi connectivity index (χ4v) is 3.34. The van der Waals surface area contributed by atoms with E-state index in [1.165, 1.54) is 43.2 Å². The van der Waals surface area contributed by atoms with E-state index in [1.807, 2.05) is 0 Å². The van der Waals surface area contributed by atoms with Crippen LogP contribution in [0.4, 0.5) is 0 Å². The van der Waals surface area contributed by atoms with Crippen molar-refractivity contribution in [2.24, 2.45) is 0 Å². The minimum atomic E-state index is 0.580. The Hall–Kier alpha value is -1.64. The maximum Gasteiger partial charge on any atom is 0.0936 e. The summed E-state index contributed by atoms with van der Waals surface area (Å²) in [7, 11) is 0. The van der Waals surface area contributed by atoms with Crippen molar-refractivity contribution in [1.82, 2.24) is 5.06 Å². The molecule has 1 aliphatic rings. The summed E-state index contributed by atoms with van der Waals surface area (Å²) in [5.41, 5.74) is 2.63. The molecule has 0 N–H and O–H groups in total. The summed E-state index contributed by atoms with van der Waals surface area (Å²) >= 11 is 0.